The lowest BCUT2D eigenvalue weighted by Crippen LogP contribution is -2.43. The molecule has 2 aliphatic heterocycles. The molecule has 0 saturated carbocycles. The van der Waals surface area contributed by atoms with Crippen LogP contribution in [0.4, 0.5) is 11.6 Å². The van der Waals surface area contributed by atoms with Crippen molar-refractivity contribution in [2.24, 2.45) is 22.1 Å². The summed E-state index contributed by atoms with van der Waals surface area (Å²) in [7, 11) is 0. The Bertz CT molecular complexity index is 1570. The second-order valence-corrected chi connectivity index (χ2v) is 9.72. The third-order valence-corrected chi connectivity index (χ3v) is 6.86. The number of azide groups is 2. The van der Waals surface area contributed by atoms with Crippen LogP contribution in [0.2, 0.25) is 0 Å². The molecule has 21 heteroatoms. The van der Waals surface area contributed by atoms with E-state index in [0.717, 1.165) is 9.13 Å². The van der Waals surface area contributed by atoms with E-state index in [1.54, 1.807) is 13.8 Å². The Balaban J connectivity index is 0.000000300. The summed E-state index contributed by atoms with van der Waals surface area (Å²) in [6.07, 6.45) is -1.74. The summed E-state index contributed by atoms with van der Waals surface area (Å²) in [5.74, 6) is -1.77. The van der Waals surface area contributed by atoms with Gasteiger partial charge in [0.15, 0.2) is 5.72 Å². The first-order chi connectivity index (χ1) is 21.3. The molecule has 0 spiro atoms. The number of hydrogen-bond donors (Lipinski definition) is 5. The van der Waals surface area contributed by atoms with E-state index in [1.165, 1.54) is 31.5 Å². The Hall–Kier alpha value is -5.01. The predicted molar refractivity (Wildman–Crippen MR) is 155 cm³/mol. The molecule has 0 unspecified atom stereocenters. The second kappa shape index (κ2) is 15.1. The van der Waals surface area contributed by atoms with Gasteiger partial charge in [0.2, 0.25) is 5.72 Å². The van der Waals surface area contributed by atoms with Crippen molar-refractivity contribution in [3.63, 3.8) is 0 Å². The number of aliphatic hydroxyl groups excluding tert-OH is 3. The molecule has 21 nitrogen and oxygen atoms in total. The van der Waals surface area contributed by atoms with E-state index in [0.29, 0.717) is 0 Å². The van der Waals surface area contributed by atoms with Crippen molar-refractivity contribution in [3.05, 3.63) is 79.5 Å². The van der Waals surface area contributed by atoms with Crippen LogP contribution in [0.1, 0.15) is 33.2 Å². The Labute approximate surface area is 254 Å². The maximum Gasteiger partial charge on any atom is 0.351 e. The van der Waals surface area contributed by atoms with Crippen LogP contribution in [0.3, 0.4) is 0 Å². The van der Waals surface area contributed by atoms with Gasteiger partial charge in [-0.2, -0.15) is 9.97 Å². The number of aliphatic hydroxyl groups is 3. The summed E-state index contributed by atoms with van der Waals surface area (Å²) >= 11 is 0. The fourth-order valence-electron chi connectivity index (χ4n) is 4.60. The summed E-state index contributed by atoms with van der Waals surface area (Å²) in [6.45, 7) is 9.17. The molecule has 2 aliphatic rings. The molecule has 2 fully saturated rings. The molecule has 0 amide bonds. The highest BCUT2D eigenvalue weighted by Gasteiger charge is 2.55. The van der Waals surface area contributed by atoms with Gasteiger partial charge in [0, 0.05) is 41.0 Å². The van der Waals surface area contributed by atoms with Gasteiger partial charge in [-0.3, -0.25) is 13.9 Å². The molecule has 45 heavy (non-hydrogen) atoms. The summed E-state index contributed by atoms with van der Waals surface area (Å²) in [4.78, 5) is 47.1. The normalized spacial score (nSPS) is 29.9. The lowest BCUT2D eigenvalue weighted by atomic mass is 9.98. The number of nitrogen functional groups attached to an aromatic ring is 2. The SMILES string of the molecule is C=C.CC(=O)OC[C@@]1(N=[N+]=[N-])O[C@@H](n2ccc(N)nc2=O)[C@@H](C)[C@@H]1O.C[C@@H]1[C@H](n2ccc(N)nc2=O)O[C@@](CO)(N=[N+]=[N-])[C@H]1O. The van der Waals surface area contributed by atoms with Crippen LogP contribution in [0.5, 0.6) is 0 Å². The average molecular weight is 635 g/mol. The lowest BCUT2D eigenvalue weighted by molar-refractivity contribution is -0.163. The number of anilines is 2. The van der Waals surface area contributed by atoms with Gasteiger partial charge in [0.1, 0.15) is 30.7 Å². The quantitative estimate of drug-likeness (QED) is 0.0886. The molecule has 7 N–H and O–H groups in total. The van der Waals surface area contributed by atoms with Crippen LogP contribution < -0.4 is 22.8 Å². The minimum Gasteiger partial charge on any atom is -0.463 e. The maximum absolute atomic E-state index is 11.9. The van der Waals surface area contributed by atoms with Crippen molar-refractivity contribution >= 4 is 17.6 Å². The van der Waals surface area contributed by atoms with Crippen LogP contribution in [-0.2, 0) is 19.0 Å². The second-order valence-electron chi connectivity index (χ2n) is 9.72. The number of aromatic nitrogens is 4. The van der Waals surface area contributed by atoms with Gasteiger partial charge < -0.3 is 41.0 Å². The molecule has 0 bridgehead atoms. The number of carbonyl (C=O) groups excluding carboxylic acids is 1. The number of nitrogens with zero attached hydrogens (tertiary/aromatic N) is 10. The highest BCUT2D eigenvalue weighted by Crippen LogP contribution is 2.43. The zero-order valence-corrected chi connectivity index (χ0v) is 24.5. The number of esters is 1. The lowest BCUT2D eigenvalue weighted by Gasteiger charge is -2.26. The van der Waals surface area contributed by atoms with Crippen molar-refractivity contribution in [3.8, 4) is 0 Å². The Morgan fingerprint density at radius 2 is 1.38 bits per heavy atom. The zero-order chi connectivity index (χ0) is 34.1. The fraction of sp³-hybridized carbons (Fsp3) is 0.542. The van der Waals surface area contributed by atoms with Gasteiger partial charge >= 0.3 is 17.3 Å². The number of rotatable bonds is 7. The summed E-state index contributed by atoms with van der Waals surface area (Å²) in [5, 5.41) is 36.6. The Kier molecular flexibility index (Phi) is 12.2. The van der Waals surface area contributed by atoms with Gasteiger partial charge in [-0.05, 0) is 23.2 Å². The zero-order valence-electron chi connectivity index (χ0n) is 24.5. The third kappa shape index (κ3) is 7.56. The first-order valence-corrected chi connectivity index (χ1v) is 13.0. The molecule has 4 heterocycles. The fourth-order valence-corrected chi connectivity index (χ4v) is 4.60. The Morgan fingerprint density at radius 3 is 1.76 bits per heavy atom. The van der Waals surface area contributed by atoms with Crippen LogP contribution in [-0.4, -0.2) is 77.3 Å². The van der Waals surface area contributed by atoms with Gasteiger partial charge in [0.05, 0.1) is 18.8 Å². The minimum atomic E-state index is -1.83. The number of nitrogens with two attached hydrogens (primary N) is 2. The van der Waals surface area contributed by atoms with Crippen molar-refractivity contribution < 1.29 is 34.3 Å². The van der Waals surface area contributed by atoms with E-state index >= 15 is 0 Å². The summed E-state index contributed by atoms with van der Waals surface area (Å²) in [6, 6.07) is 2.79. The molecule has 2 saturated heterocycles. The van der Waals surface area contributed by atoms with E-state index in [-0.39, 0.29) is 11.6 Å². The predicted octanol–water partition coefficient (Wildman–Crippen LogP) is 0.0734. The number of carbonyl (C=O) groups is 1. The molecule has 0 aliphatic carbocycles. The average Bonchev–Trinajstić information content (AvgIpc) is 3.39. The molecule has 2 aromatic heterocycles. The summed E-state index contributed by atoms with van der Waals surface area (Å²) in [5.41, 5.74) is 23.1. The van der Waals surface area contributed by atoms with Crippen LogP contribution >= 0.6 is 0 Å². The summed E-state index contributed by atoms with van der Waals surface area (Å²) < 4.78 is 18.1. The highest BCUT2D eigenvalue weighted by atomic mass is 16.6. The van der Waals surface area contributed by atoms with E-state index in [1.807, 2.05) is 0 Å². The van der Waals surface area contributed by atoms with Gasteiger partial charge in [-0.1, -0.05) is 24.1 Å². The molecule has 0 aromatic carbocycles. The number of ether oxygens (including phenoxy) is 3. The van der Waals surface area contributed by atoms with Crippen molar-refractivity contribution in [1.29, 1.82) is 0 Å². The van der Waals surface area contributed by atoms with E-state index in [2.05, 4.69) is 43.2 Å². The smallest absolute Gasteiger partial charge is 0.351 e. The van der Waals surface area contributed by atoms with E-state index < -0.39 is 78.5 Å². The monoisotopic (exact) mass is 634 g/mol. The van der Waals surface area contributed by atoms with Crippen LogP contribution in [0, 0.1) is 11.8 Å². The molecule has 0 radical (unpaired) electrons. The molecule has 244 valence electrons. The van der Waals surface area contributed by atoms with Gasteiger partial charge in [-0.25, -0.2) is 9.59 Å². The first-order valence-electron chi connectivity index (χ1n) is 13.0. The highest BCUT2D eigenvalue weighted by molar-refractivity contribution is 5.66. The molecule has 4 rings (SSSR count). The maximum atomic E-state index is 11.9. The largest absolute Gasteiger partial charge is 0.463 e. The van der Waals surface area contributed by atoms with Crippen molar-refractivity contribution in [2.45, 2.75) is 56.9 Å². The molecule has 8 atom stereocenters. The van der Waals surface area contributed by atoms with Crippen LogP contribution in [0.15, 0.2) is 57.5 Å². The van der Waals surface area contributed by atoms with Crippen molar-refractivity contribution in [1.82, 2.24) is 19.1 Å². The number of hydrogen-bond acceptors (Lipinski definition) is 15. The standard InChI is InChI=1S/C12H16N6O5.C10H14N6O4.C2H4/c1-6-9(20)12(16-17-14,5-22-7(2)19)23-10(6)18-4-3-8(13)15-11(18)21;1-5-7(18)10(4-17,14-15-12)20-8(5)16-3-2-6(11)13-9(16)19;1-2/h3-4,6,9-10,20H,5H2,1-2H3,(H2,13,15,21);2-3,5,7-8,17-18H,4H2,1H3,(H2,11,13,19);1-2H2/t6-,9-,10+,12+;5-,7-,8+,10+;/m00./s1. The Morgan fingerprint density at radius 1 is 0.978 bits per heavy atom. The van der Waals surface area contributed by atoms with Crippen molar-refractivity contribution in [2.75, 3.05) is 24.7 Å². The minimum absolute atomic E-state index is 0.0404. The van der Waals surface area contributed by atoms with Crippen LogP contribution in [0.25, 0.3) is 20.9 Å². The van der Waals surface area contributed by atoms with E-state index in [9.17, 15) is 29.7 Å². The molecule has 2 aromatic rings. The van der Waals surface area contributed by atoms with Gasteiger partial charge in [0.25, 0.3) is 0 Å². The third-order valence-electron chi connectivity index (χ3n) is 6.86. The molecular formula is C24H34N12O9. The topological polar surface area (TPSA) is 325 Å². The first kappa shape index (κ1) is 36.2. The van der Waals surface area contributed by atoms with Gasteiger partial charge in [-0.15, -0.1) is 13.2 Å². The van der Waals surface area contributed by atoms with E-state index in [4.69, 9.17) is 36.7 Å². The molecular weight excluding hydrogens is 600 g/mol.